The number of ether oxygens (including phenoxy) is 1. The predicted molar refractivity (Wildman–Crippen MR) is 75.3 cm³/mol. The number of benzene rings is 1. The van der Waals surface area contributed by atoms with Crippen LogP contribution in [0.5, 0.6) is 11.6 Å². The molecule has 0 saturated carbocycles. The fraction of sp³-hybridized carbons (Fsp3) is 0.231. The second kappa shape index (κ2) is 5.67. The minimum Gasteiger partial charge on any atom is -0.437 e. The number of halogens is 2. The molecule has 2 rings (SSSR count). The summed E-state index contributed by atoms with van der Waals surface area (Å²) in [6.07, 6.45) is 1.40. The van der Waals surface area contributed by atoms with E-state index in [0.717, 1.165) is 10.0 Å². The molecule has 3 nitrogen and oxygen atoms in total. The van der Waals surface area contributed by atoms with Crippen molar-refractivity contribution >= 4 is 27.5 Å². The van der Waals surface area contributed by atoms with Crippen LogP contribution in [0, 0.1) is 0 Å². The van der Waals surface area contributed by atoms with E-state index in [9.17, 15) is 0 Å². The lowest BCUT2D eigenvalue weighted by Crippen LogP contribution is -1.99. The summed E-state index contributed by atoms with van der Waals surface area (Å²) in [4.78, 5) is 8.15. The summed E-state index contributed by atoms with van der Waals surface area (Å²) in [5.74, 6) is 1.39. The van der Waals surface area contributed by atoms with Crippen molar-refractivity contribution in [2.75, 3.05) is 0 Å². The van der Waals surface area contributed by atoms with E-state index in [4.69, 9.17) is 16.3 Å². The molecule has 1 aromatic heterocycles. The number of para-hydroxylation sites is 1. The van der Waals surface area contributed by atoms with Crippen LogP contribution < -0.4 is 4.74 Å². The van der Waals surface area contributed by atoms with Crippen LogP contribution in [0.4, 0.5) is 0 Å². The van der Waals surface area contributed by atoms with Gasteiger partial charge in [-0.15, -0.1) is 0 Å². The largest absolute Gasteiger partial charge is 0.437 e. The van der Waals surface area contributed by atoms with Gasteiger partial charge in [0, 0.05) is 0 Å². The topological polar surface area (TPSA) is 35.0 Å². The first-order valence-electron chi connectivity index (χ1n) is 5.52. The average molecular weight is 328 g/mol. The van der Waals surface area contributed by atoms with Crippen molar-refractivity contribution in [1.29, 1.82) is 0 Å². The quantitative estimate of drug-likeness (QED) is 0.759. The summed E-state index contributed by atoms with van der Waals surface area (Å²) in [6.45, 7) is 4.05. The standard InChI is InChI=1S/C13H12BrClN2O/c1-8(2)11-12(15)16-7-17-13(11)18-10-6-4-3-5-9(10)14/h3-8H,1-2H3. The Morgan fingerprint density at radius 3 is 2.61 bits per heavy atom. The summed E-state index contributed by atoms with van der Waals surface area (Å²) in [5, 5.41) is 0.432. The zero-order chi connectivity index (χ0) is 13.1. The number of hydrogen-bond acceptors (Lipinski definition) is 3. The van der Waals surface area contributed by atoms with Crippen LogP contribution in [0.15, 0.2) is 35.1 Å². The fourth-order valence-corrected chi connectivity index (χ4v) is 2.27. The Labute approximate surface area is 119 Å². The molecule has 0 fully saturated rings. The molecule has 0 aliphatic heterocycles. The maximum Gasteiger partial charge on any atom is 0.227 e. The van der Waals surface area contributed by atoms with Crippen LogP contribution in [0.25, 0.3) is 0 Å². The summed E-state index contributed by atoms with van der Waals surface area (Å²) in [5.41, 5.74) is 0.815. The van der Waals surface area contributed by atoms with Crippen LogP contribution in [0.1, 0.15) is 25.3 Å². The Kier molecular flexibility index (Phi) is 4.19. The molecule has 0 atom stereocenters. The predicted octanol–water partition coefficient (Wildman–Crippen LogP) is 4.81. The summed E-state index contributed by atoms with van der Waals surface area (Å²) in [6, 6.07) is 7.60. The zero-order valence-corrected chi connectivity index (χ0v) is 12.4. The van der Waals surface area contributed by atoms with Gasteiger partial charge in [-0.1, -0.05) is 37.6 Å². The number of rotatable bonds is 3. The minimum absolute atomic E-state index is 0.191. The van der Waals surface area contributed by atoms with Gasteiger partial charge in [0.1, 0.15) is 17.2 Å². The van der Waals surface area contributed by atoms with Crippen LogP contribution in [-0.4, -0.2) is 9.97 Å². The highest BCUT2D eigenvalue weighted by Gasteiger charge is 2.16. The second-order valence-corrected chi connectivity index (χ2v) is 5.28. The van der Waals surface area contributed by atoms with Crippen molar-refractivity contribution in [3.8, 4) is 11.6 Å². The molecule has 0 N–H and O–H groups in total. The zero-order valence-electron chi connectivity index (χ0n) is 10.0. The Morgan fingerprint density at radius 2 is 1.94 bits per heavy atom. The molecule has 5 heteroatoms. The van der Waals surface area contributed by atoms with Crippen molar-refractivity contribution in [3.05, 3.63) is 45.8 Å². The van der Waals surface area contributed by atoms with Gasteiger partial charge in [0.2, 0.25) is 5.88 Å². The maximum atomic E-state index is 6.09. The van der Waals surface area contributed by atoms with Gasteiger partial charge in [-0.2, -0.15) is 0 Å². The summed E-state index contributed by atoms with van der Waals surface area (Å²) >= 11 is 9.52. The van der Waals surface area contributed by atoms with E-state index in [2.05, 4.69) is 25.9 Å². The molecule has 0 unspecified atom stereocenters. The van der Waals surface area contributed by atoms with Gasteiger partial charge in [0.25, 0.3) is 0 Å². The fourth-order valence-electron chi connectivity index (χ4n) is 1.56. The van der Waals surface area contributed by atoms with Crippen molar-refractivity contribution in [1.82, 2.24) is 9.97 Å². The van der Waals surface area contributed by atoms with Crippen molar-refractivity contribution in [2.24, 2.45) is 0 Å². The van der Waals surface area contributed by atoms with Crippen molar-refractivity contribution < 1.29 is 4.74 Å². The van der Waals surface area contributed by atoms with Gasteiger partial charge >= 0.3 is 0 Å². The van der Waals surface area contributed by atoms with E-state index in [1.165, 1.54) is 6.33 Å². The summed E-state index contributed by atoms with van der Waals surface area (Å²) in [7, 11) is 0. The molecule has 0 radical (unpaired) electrons. The summed E-state index contributed by atoms with van der Waals surface area (Å²) < 4.78 is 6.67. The number of aromatic nitrogens is 2. The highest BCUT2D eigenvalue weighted by Crippen LogP contribution is 2.35. The molecule has 18 heavy (non-hydrogen) atoms. The highest BCUT2D eigenvalue weighted by molar-refractivity contribution is 9.10. The van der Waals surface area contributed by atoms with E-state index in [1.807, 2.05) is 38.1 Å². The number of nitrogens with zero attached hydrogens (tertiary/aromatic N) is 2. The SMILES string of the molecule is CC(C)c1c(Cl)ncnc1Oc1ccccc1Br. The lowest BCUT2D eigenvalue weighted by molar-refractivity contribution is 0.448. The molecule has 0 bridgehead atoms. The monoisotopic (exact) mass is 326 g/mol. The molecule has 0 saturated heterocycles. The normalized spacial score (nSPS) is 10.7. The number of hydrogen-bond donors (Lipinski definition) is 0. The molecule has 2 aromatic rings. The van der Waals surface area contributed by atoms with Gasteiger partial charge in [-0.25, -0.2) is 9.97 Å². The Bertz CT molecular complexity index is 560. The van der Waals surface area contributed by atoms with Crippen LogP contribution in [0.3, 0.4) is 0 Å². The first kappa shape index (κ1) is 13.3. The third-order valence-electron chi connectivity index (χ3n) is 2.42. The first-order valence-corrected chi connectivity index (χ1v) is 6.69. The lowest BCUT2D eigenvalue weighted by atomic mass is 10.1. The molecule has 0 aliphatic carbocycles. The molecule has 0 aliphatic rings. The van der Waals surface area contributed by atoms with Crippen LogP contribution in [-0.2, 0) is 0 Å². The first-order chi connectivity index (χ1) is 8.59. The van der Waals surface area contributed by atoms with Crippen molar-refractivity contribution in [2.45, 2.75) is 19.8 Å². The Balaban J connectivity index is 2.41. The third-order valence-corrected chi connectivity index (χ3v) is 3.38. The lowest BCUT2D eigenvalue weighted by Gasteiger charge is -2.13. The Morgan fingerprint density at radius 1 is 1.22 bits per heavy atom. The van der Waals surface area contributed by atoms with Crippen LogP contribution in [0.2, 0.25) is 5.15 Å². The van der Waals surface area contributed by atoms with Gasteiger partial charge < -0.3 is 4.74 Å². The third kappa shape index (κ3) is 2.82. The van der Waals surface area contributed by atoms with E-state index < -0.39 is 0 Å². The van der Waals surface area contributed by atoms with E-state index >= 15 is 0 Å². The molecular formula is C13H12BrClN2O. The molecular weight excluding hydrogens is 316 g/mol. The van der Waals surface area contributed by atoms with Gasteiger partial charge in [-0.05, 0) is 34.0 Å². The minimum atomic E-state index is 0.191. The van der Waals surface area contributed by atoms with Gasteiger partial charge in [-0.3, -0.25) is 0 Å². The van der Waals surface area contributed by atoms with Crippen LogP contribution >= 0.6 is 27.5 Å². The van der Waals surface area contributed by atoms with E-state index in [-0.39, 0.29) is 5.92 Å². The average Bonchev–Trinajstić information content (AvgIpc) is 2.31. The van der Waals surface area contributed by atoms with E-state index in [0.29, 0.717) is 16.8 Å². The van der Waals surface area contributed by atoms with Gasteiger partial charge in [0.05, 0.1) is 10.0 Å². The maximum absolute atomic E-state index is 6.09. The molecule has 0 amide bonds. The molecule has 94 valence electrons. The van der Waals surface area contributed by atoms with E-state index in [1.54, 1.807) is 0 Å². The highest BCUT2D eigenvalue weighted by atomic mass is 79.9. The second-order valence-electron chi connectivity index (χ2n) is 4.07. The van der Waals surface area contributed by atoms with Crippen molar-refractivity contribution in [3.63, 3.8) is 0 Å². The van der Waals surface area contributed by atoms with Gasteiger partial charge in [0.15, 0.2) is 0 Å². The molecule has 1 aromatic carbocycles. The molecule has 1 heterocycles. The molecule has 0 spiro atoms. The Hall–Kier alpha value is -1.13. The smallest absolute Gasteiger partial charge is 0.227 e.